The zero-order valence-electron chi connectivity index (χ0n) is 17.4. The molecule has 0 aliphatic heterocycles. The van der Waals surface area contributed by atoms with Crippen molar-refractivity contribution in [3.8, 4) is 0 Å². The van der Waals surface area contributed by atoms with Gasteiger partial charge < -0.3 is 5.32 Å². The van der Waals surface area contributed by atoms with Gasteiger partial charge in [0.1, 0.15) is 0 Å². The molecule has 0 unspecified atom stereocenters. The first kappa shape index (κ1) is 21.6. The number of anilines is 1. The topological polar surface area (TPSA) is 66.5 Å². The van der Waals surface area contributed by atoms with Crippen LogP contribution >= 0.6 is 0 Å². The Morgan fingerprint density at radius 1 is 0.867 bits per heavy atom. The minimum absolute atomic E-state index is 0.155. The Hall–Kier alpha value is -3.12. The molecule has 0 aliphatic rings. The van der Waals surface area contributed by atoms with Gasteiger partial charge in [-0.15, -0.1) is 0 Å². The molecule has 0 aliphatic carbocycles. The van der Waals surface area contributed by atoms with Gasteiger partial charge >= 0.3 is 0 Å². The van der Waals surface area contributed by atoms with Crippen molar-refractivity contribution < 1.29 is 13.2 Å². The zero-order valence-corrected chi connectivity index (χ0v) is 18.2. The standard InChI is InChI=1S/C24H26N2O3S/c1-24(2,3)25-23(27)20-13-10-14-21(17-20)26(18-19-11-6-4-7-12-19)30(28,29)22-15-8-5-9-16-22/h4-17H,18H2,1-3H3,(H,25,27). The normalized spacial score (nSPS) is 11.7. The third kappa shape index (κ3) is 5.27. The Balaban J connectivity index is 2.05. The summed E-state index contributed by atoms with van der Waals surface area (Å²) in [6.45, 7) is 5.85. The summed E-state index contributed by atoms with van der Waals surface area (Å²) in [7, 11) is -3.83. The van der Waals surface area contributed by atoms with E-state index in [1.165, 1.54) is 4.31 Å². The molecule has 1 amide bonds. The number of sulfonamides is 1. The number of benzene rings is 3. The SMILES string of the molecule is CC(C)(C)NC(=O)c1cccc(N(Cc2ccccc2)S(=O)(=O)c2ccccc2)c1. The molecule has 156 valence electrons. The molecule has 1 N–H and O–H groups in total. The highest BCUT2D eigenvalue weighted by Crippen LogP contribution is 2.27. The average Bonchev–Trinajstić information content (AvgIpc) is 2.72. The van der Waals surface area contributed by atoms with Gasteiger partial charge in [-0.3, -0.25) is 9.10 Å². The Morgan fingerprint density at radius 2 is 1.47 bits per heavy atom. The fourth-order valence-corrected chi connectivity index (χ4v) is 4.46. The van der Waals surface area contributed by atoms with Gasteiger partial charge in [0, 0.05) is 11.1 Å². The van der Waals surface area contributed by atoms with Crippen molar-refractivity contribution in [2.75, 3.05) is 4.31 Å². The van der Waals surface area contributed by atoms with Crippen LogP contribution in [-0.4, -0.2) is 19.9 Å². The molecule has 3 aromatic rings. The lowest BCUT2D eigenvalue weighted by molar-refractivity contribution is 0.0919. The van der Waals surface area contributed by atoms with Gasteiger partial charge in [0.25, 0.3) is 15.9 Å². The second-order valence-electron chi connectivity index (χ2n) is 8.06. The first-order valence-electron chi connectivity index (χ1n) is 9.71. The summed E-state index contributed by atoms with van der Waals surface area (Å²) in [5.41, 5.74) is 1.29. The maximum Gasteiger partial charge on any atom is 0.264 e. The molecule has 0 saturated carbocycles. The lowest BCUT2D eigenvalue weighted by Crippen LogP contribution is -2.40. The van der Waals surface area contributed by atoms with Crippen molar-refractivity contribution >= 4 is 21.6 Å². The molecule has 30 heavy (non-hydrogen) atoms. The van der Waals surface area contributed by atoms with Crippen LogP contribution in [0.5, 0.6) is 0 Å². The Morgan fingerprint density at radius 3 is 2.07 bits per heavy atom. The molecule has 0 fully saturated rings. The monoisotopic (exact) mass is 422 g/mol. The van der Waals surface area contributed by atoms with Gasteiger partial charge in [0.05, 0.1) is 17.1 Å². The lowest BCUT2D eigenvalue weighted by Gasteiger charge is -2.26. The molecular formula is C24H26N2O3S. The van der Waals surface area contributed by atoms with Crippen molar-refractivity contribution in [2.45, 2.75) is 37.8 Å². The minimum Gasteiger partial charge on any atom is -0.347 e. The number of nitrogens with zero attached hydrogens (tertiary/aromatic N) is 1. The number of carbonyl (C=O) groups excluding carboxylic acids is 1. The number of hydrogen-bond donors (Lipinski definition) is 1. The molecule has 0 saturated heterocycles. The van der Waals surface area contributed by atoms with E-state index in [1.807, 2.05) is 51.1 Å². The highest BCUT2D eigenvalue weighted by atomic mass is 32.2. The second-order valence-corrected chi connectivity index (χ2v) is 9.93. The van der Waals surface area contributed by atoms with E-state index in [4.69, 9.17) is 0 Å². The van der Waals surface area contributed by atoms with Crippen LogP contribution in [0.3, 0.4) is 0 Å². The smallest absolute Gasteiger partial charge is 0.264 e. The summed E-state index contributed by atoms with van der Waals surface area (Å²) in [5.74, 6) is -0.249. The van der Waals surface area contributed by atoms with Crippen LogP contribution in [0.4, 0.5) is 5.69 Å². The fourth-order valence-electron chi connectivity index (χ4n) is 3.00. The van der Waals surface area contributed by atoms with Crippen LogP contribution in [0.1, 0.15) is 36.7 Å². The van der Waals surface area contributed by atoms with Crippen molar-refractivity contribution in [3.63, 3.8) is 0 Å². The van der Waals surface area contributed by atoms with Crippen LogP contribution in [0.25, 0.3) is 0 Å². The maximum absolute atomic E-state index is 13.5. The largest absolute Gasteiger partial charge is 0.347 e. The molecule has 0 aromatic heterocycles. The van der Waals surface area contributed by atoms with E-state index in [9.17, 15) is 13.2 Å². The summed E-state index contributed by atoms with van der Waals surface area (Å²) in [4.78, 5) is 12.8. The Bertz CT molecular complexity index is 1110. The van der Waals surface area contributed by atoms with Gasteiger partial charge in [-0.2, -0.15) is 0 Å². The molecule has 0 heterocycles. The van der Waals surface area contributed by atoms with Crippen LogP contribution < -0.4 is 9.62 Å². The van der Waals surface area contributed by atoms with E-state index in [0.29, 0.717) is 11.3 Å². The highest BCUT2D eigenvalue weighted by Gasteiger charge is 2.26. The van der Waals surface area contributed by atoms with Crippen molar-refractivity contribution in [3.05, 3.63) is 96.1 Å². The first-order valence-corrected chi connectivity index (χ1v) is 11.2. The molecule has 3 aromatic carbocycles. The van der Waals surface area contributed by atoms with E-state index in [2.05, 4.69) is 5.32 Å². The maximum atomic E-state index is 13.5. The quantitative estimate of drug-likeness (QED) is 0.631. The van der Waals surface area contributed by atoms with Crippen molar-refractivity contribution in [1.29, 1.82) is 0 Å². The zero-order chi connectivity index (χ0) is 21.8. The molecule has 3 rings (SSSR count). The van der Waals surface area contributed by atoms with Crippen molar-refractivity contribution in [1.82, 2.24) is 5.32 Å². The molecule has 0 bridgehead atoms. The molecule has 0 radical (unpaired) electrons. The minimum atomic E-state index is -3.83. The van der Waals surface area contributed by atoms with E-state index < -0.39 is 15.6 Å². The summed E-state index contributed by atoms with van der Waals surface area (Å²) in [6, 6.07) is 24.4. The molecular weight excluding hydrogens is 396 g/mol. The van der Waals surface area contributed by atoms with Gasteiger partial charge in [-0.25, -0.2) is 8.42 Å². The highest BCUT2D eigenvalue weighted by molar-refractivity contribution is 7.92. The Labute approximate surface area is 178 Å². The Kier molecular flexibility index (Phi) is 6.27. The molecule has 6 heteroatoms. The van der Waals surface area contributed by atoms with Crippen LogP contribution in [0.2, 0.25) is 0 Å². The molecule has 5 nitrogen and oxygen atoms in total. The predicted octanol–water partition coefficient (Wildman–Crippen LogP) is 4.61. The third-order valence-electron chi connectivity index (χ3n) is 4.39. The average molecular weight is 423 g/mol. The first-order chi connectivity index (χ1) is 14.2. The van der Waals surface area contributed by atoms with Gasteiger partial charge in [-0.05, 0) is 56.7 Å². The molecule has 0 atom stereocenters. The van der Waals surface area contributed by atoms with Crippen LogP contribution in [-0.2, 0) is 16.6 Å². The second kappa shape index (κ2) is 8.71. The van der Waals surface area contributed by atoms with E-state index in [1.54, 1.807) is 54.6 Å². The van der Waals surface area contributed by atoms with Gasteiger partial charge in [0.15, 0.2) is 0 Å². The fraction of sp³-hybridized carbons (Fsp3) is 0.208. The van der Waals surface area contributed by atoms with Crippen LogP contribution in [0, 0.1) is 0 Å². The number of carbonyl (C=O) groups is 1. The summed E-state index contributed by atoms with van der Waals surface area (Å²) < 4.78 is 28.3. The van der Waals surface area contributed by atoms with Gasteiger partial charge in [0.2, 0.25) is 0 Å². The van der Waals surface area contributed by atoms with E-state index in [0.717, 1.165) is 5.56 Å². The number of amides is 1. The number of hydrogen-bond acceptors (Lipinski definition) is 3. The molecule has 0 spiro atoms. The number of nitrogens with one attached hydrogen (secondary N) is 1. The summed E-state index contributed by atoms with van der Waals surface area (Å²) in [5, 5.41) is 2.91. The third-order valence-corrected chi connectivity index (χ3v) is 6.17. The van der Waals surface area contributed by atoms with Crippen molar-refractivity contribution in [2.24, 2.45) is 0 Å². The summed E-state index contributed by atoms with van der Waals surface area (Å²) >= 11 is 0. The van der Waals surface area contributed by atoms with Gasteiger partial charge in [-0.1, -0.05) is 54.6 Å². The number of rotatable bonds is 6. The summed E-state index contributed by atoms with van der Waals surface area (Å²) in [6.07, 6.45) is 0. The van der Waals surface area contributed by atoms with Crippen LogP contribution in [0.15, 0.2) is 89.8 Å². The lowest BCUT2D eigenvalue weighted by atomic mass is 10.1. The van der Waals surface area contributed by atoms with E-state index >= 15 is 0 Å². The predicted molar refractivity (Wildman–Crippen MR) is 120 cm³/mol. The van der Waals surface area contributed by atoms with E-state index in [-0.39, 0.29) is 17.3 Å².